The lowest BCUT2D eigenvalue weighted by Crippen LogP contribution is -1.85. The summed E-state index contributed by atoms with van der Waals surface area (Å²) in [5, 5.41) is 3.86. The van der Waals surface area contributed by atoms with Crippen LogP contribution in [0.1, 0.15) is 12.5 Å². The molecule has 3 rings (SSSR count). The highest BCUT2D eigenvalue weighted by atomic mass is 35.5. The topological polar surface area (TPSA) is 12.9 Å². The maximum Gasteiger partial charge on any atom is 0.137 e. The van der Waals surface area contributed by atoms with Gasteiger partial charge in [-0.05, 0) is 30.0 Å². The molecule has 0 unspecified atom stereocenters. The summed E-state index contributed by atoms with van der Waals surface area (Å²) in [6.07, 6.45) is 4.08. The van der Waals surface area contributed by atoms with E-state index in [2.05, 4.69) is 35.3 Å². The van der Waals surface area contributed by atoms with Gasteiger partial charge in [0.25, 0.3) is 0 Å². The lowest BCUT2D eigenvalue weighted by Gasteiger charge is -2.06. The van der Waals surface area contributed by atoms with Crippen LogP contribution >= 0.6 is 11.6 Å². The van der Waals surface area contributed by atoms with Crippen molar-refractivity contribution >= 4 is 39.4 Å². The van der Waals surface area contributed by atoms with Crippen LogP contribution in [0.4, 0.5) is 0 Å². The number of hydrogen-bond donors (Lipinski definition) is 0. The van der Waals surface area contributed by atoms with Crippen LogP contribution in [0.25, 0.3) is 27.8 Å². The predicted molar refractivity (Wildman–Crippen MR) is 79.0 cm³/mol. The Bertz CT molecular complexity index is 759. The number of fused-ring (bicyclic) bond motifs is 3. The van der Waals surface area contributed by atoms with E-state index in [4.69, 9.17) is 11.6 Å². The fourth-order valence-corrected chi connectivity index (χ4v) is 2.48. The molecule has 0 radical (unpaired) electrons. The fourth-order valence-electron chi connectivity index (χ4n) is 2.23. The minimum Gasteiger partial charge on any atom is -0.235 e. The highest BCUT2D eigenvalue weighted by Gasteiger charge is 2.06. The van der Waals surface area contributed by atoms with Crippen molar-refractivity contribution in [2.75, 3.05) is 0 Å². The summed E-state index contributed by atoms with van der Waals surface area (Å²) in [5.74, 6) is 0. The van der Waals surface area contributed by atoms with Crippen LogP contribution in [0.15, 0.2) is 48.5 Å². The summed E-state index contributed by atoms with van der Waals surface area (Å²) in [6, 6.07) is 14.4. The van der Waals surface area contributed by atoms with E-state index < -0.39 is 0 Å². The second kappa shape index (κ2) is 4.43. The Morgan fingerprint density at radius 1 is 1.00 bits per heavy atom. The molecule has 0 aliphatic rings. The molecule has 0 saturated heterocycles. The van der Waals surface area contributed by atoms with E-state index in [1.165, 1.54) is 0 Å². The Hall–Kier alpha value is -1.86. The molecule has 2 heteroatoms. The number of halogens is 1. The molecule has 18 heavy (non-hydrogen) atoms. The summed E-state index contributed by atoms with van der Waals surface area (Å²) in [4.78, 5) is 4.45. The molecule has 2 aromatic carbocycles. The van der Waals surface area contributed by atoms with Gasteiger partial charge in [0.05, 0.1) is 5.52 Å². The van der Waals surface area contributed by atoms with Crippen LogP contribution in [-0.4, -0.2) is 4.98 Å². The van der Waals surface area contributed by atoms with Gasteiger partial charge >= 0.3 is 0 Å². The third-order valence-electron chi connectivity index (χ3n) is 3.04. The first-order valence-electron chi connectivity index (χ1n) is 5.90. The van der Waals surface area contributed by atoms with Gasteiger partial charge in [-0.1, -0.05) is 54.1 Å². The summed E-state index contributed by atoms with van der Waals surface area (Å²) < 4.78 is 0. The van der Waals surface area contributed by atoms with Gasteiger partial charge in [0.1, 0.15) is 5.15 Å². The molecule has 3 aromatic rings. The third-order valence-corrected chi connectivity index (χ3v) is 3.33. The molecule has 1 aromatic heterocycles. The zero-order chi connectivity index (χ0) is 12.5. The number of pyridine rings is 1. The van der Waals surface area contributed by atoms with Gasteiger partial charge in [0, 0.05) is 10.8 Å². The van der Waals surface area contributed by atoms with Crippen molar-refractivity contribution in [3.8, 4) is 0 Å². The molecule has 0 saturated carbocycles. The van der Waals surface area contributed by atoms with Crippen LogP contribution in [-0.2, 0) is 0 Å². The van der Waals surface area contributed by atoms with Gasteiger partial charge < -0.3 is 0 Å². The number of para-hydroxylation sites is 1. The normalized spacial score (nSPS) is 11.7. The molecule has 1 nitrogen and oxygen atoms in total. The second-order valence-electron chi connectivity index (χ2n) is 4.22. The lowest BCUT2D eigenvalue weighted by atomic mass is 10.0. The average molecular weight is 254 g/mol. The van der Waals surface area contributed by atoms with E-state index in [1.54, 1.807) is 0 Å². The maximum atomic E-state index is 6.27. The van der Waals surface area contributed by atoms with Crippen molar-refractivity contribution in [1.82, 2.24) is 4.98 Å². The van der Waals surface area contributed by atoms with Crippen molar-refractivity contribution in [2.24, 2.45) is 0 Å². The largest absolute Gasteiger partial charge is 0.235 e. The molecule has 0 atom stereocenters. The summed E-state index contributed by atoms with van der Waals surface area (Å²) in [5.41, 5.74) is 2.08. The fraction of sp³-hybridized carbons (Fsp3) is 0.0625. The molecule has 0 amide bonds. The Kier molecular flexibility index (Phi) is 2.77. The molecule has 0 spiro atoms. The number of hydrogen-bond acceptors (Lipinski definition) is 1. The molecule has 0 aliphatic carbocycles. The zero-order valence-corrected chi connectivity index (χ0v) is 10.8. The van der Waals surface area contributed by atoms with E-state index >= 15 is 0 Å². The molecule has 0 bridgehead atoms. The van der Waals surface area contributed by atoms with Gasteiger partial charge in [-0.3, -0.25) is 0 Å². The molecule has 0 N–H and O–H groups in total. The quantitative estimate of drug-likeness (QED) is 0.436. The standard InChI is InChI=1S/C16H12ClN/c1-2-5-11-8-9-12-13-6-3-4-7-15(13)18-16(17)14(12)10-11/h2-10H,1H3. The Balaban J connectivity index is 2.44. The van der Waals surface area contributed by atoms with Gasteiger partial charge in [-0.15, -0.1) is 0 Å². The molecule has 1 heterocycles. The van der Waals surface area contributed by atoms with E-state index in [0.29, 0.717) is 5.15 Å². The number of nitrogens with zero attached hydrogens (tertiary/aromatic N) is 1. The summed E-state index contributed by atoms with van der Waals surface area (Å²) in [7, 11) is 0. The number of rotatable bonds is 1. The SMILES string of the molecule is CC=Cc1ccc2c(c1)c(Cl)nc1ccccc12. The van der Waals surface area contributed by atoms with Crippen molar-refractivity contribution < 1.29 is 0 Å². The van der Waals surface area contributed by atoms with Crippen molar-refractivity contribution in [3.63, 3.8) is 0 Å². The van der Waals surface area contributed by atoms with E-state index in [9.17, 15) is 0 Å². The number of allylic oxidation sites excluding steroid dienone is 1. The summed E-state index contributed by atoms with van der Waals surface area (Å²) in [6.45, 7) is 2.00. The van der Waals surface area contributed by atoms with Crippen LogP contribution < -0.4 is 0 Å². The van der Waals surface area contributed by atoms with Crippen molar-refractivity contribution in [3.05, 3.63) is 59.3 Å². The molecule has 88 valence electrons. The first kappa shape index (κ1) is 11.2. The minimum atomic E-state index is 0.565. The Morgan fingerprint density at radius 3 is 2.67 bits per heavy atom. The zero-order valence-electron chi connectivity index (χ0n) is 10.0. The van der Waals surface area contributed by atoms with E-state index in [0.717, 1.165) is 27.2 Å². The molecule has 0 aliphatic heterocycles. The smallest absolute Gasteiger partial charge is 0.137 e. The predicted octanol–water partition coefficient (Wildman–Crippen LogP) is 5.07. The first-order valence-corrected chi connectivity index (χ1v) is 6.28. The molecular formula is C16H12ClN. The molecule has 0 fully saturated rings. The molecular weight excluding hydrogens is 242 g/mol. The van der Waals surface area contributed by atoms with Crippen LogP contribution in [0.2, 0.25) is 5.15 Å². The first-order chi connectivity index (χ1) is 8.79. The van der Waals surface area contributed by atoms with Gasteiger partial charge in [-0.25, -0.2) is 4.98 Å². The highest BCUT2D eigenvalue weighted by molar-refractivity contribution is 6.35. The van der Waals surface area contributed by atoms with E-state index in [-0.39, 0.29) is 0 Å². The van der Waals surface area contributed by atoms with Gasteiger partial charge in [0.15, 0.2) is 0 Å². The van der Waals surface area contributed by atoms with Crippen LogP contribution in [0.5, 0.6) is 0 Å². The van der Waals surface area contributed by atoms with Gasteiger partial charge in [0.2, 0.25) is 0 Å². The summed E-state index contributed by atoms with van der Waals surface area (Å²) >= 11 is 6.27. The van der Waals surface area contributed by atoms with Crippen LogP contribution in [0.3, 0.4) is 0 Å². The maximum absolute atomic E-state index is 6.27. The van der Waals surface area contributed by atoms with E-state index in [1.807, 2.05) is 31.2 Å². The lowest BCUT2D eigenvalue weighted by molar-refractivity contribution is 1.44. The van der Waals surface area contributed by atoms with Crippen LogP contribution in [0, 0.1) is 0 Å². The van der Waals surface area contributed by atoms with Crippen molar-refractivity contribution in [1.29, 1.82) is 0 Å². The Morgan fingerprint density at radius 2 is 1.83 bits per heavy atom. The average Bonchev–Trinajstić information content (AvgIpc) is 2.40. The Labute approximate surface area is 111 Å². The van der Waals surface area contributed by atoms with Gasteiger partial charge in [-0.2, -0.15) is 0 Å². The number of aromatic nitrogens is 1. The number of benzene rings is 2. The minimum absolute atomic E-state index is 0.565. The third kappa shape index (κ3) is 1.77. The monoisotopic (exact) mass is 253 g/mol. The second-order valence-corrected chi connectivity index (χ2v) is 4.58. The highest BCUT2D eigenvalue weighted by Crippen LogP contribution is 2.30. The van der Waals surface area contributed by atoms with Crippen molar-refractivity contribution in [2.45, 2.75) is 6.92 Å².